The molecule has 0 spiro atoms. The number of methoxy groups -OCH3 is 1. The van der Waals surface area contributed by atoms with Gasteiger partial charge in [-0.2, -0.15) is 13.2 Å². The smallest absolute Gasteiger partial charge is 0.416 e. The molecule has 0 aliphatic heterocycles. The van der Waals surface area contributed by atoms with Crippen molar-refractivity contribution in [2.24, 2.45) is 5.73 Å². The summed E-state index contributed by atoms with van der Waals surface area (Å²) >= 11 is 0. The van der Waals surface area contributed by atoms with Crippen molar-refractivity contribution in [2.45, 2.75) is 6.18 Å². The van der Waals surface area contributed by atoms with E-state index in [1.165, 1.54) is 7.11 Å². The Morgan fingerprint density at radius 3 is 2.42 bits per heavy atom. The number of halogens is 4. The second-order valence-electron chi connectivity index (χ2n) is 3.28. The van der Waals surface area contributed by atoms with Crippen LogP contribution in [-0.4, -0.2) is 19.0 Å². The fourth-order valence-electron chi connectivity index (χ4n) is 1.25. The molecule has 1 amide bonds. The summed E-state index contributed by atoms with van der Waals surface area (Å²) in [4.78, 5) is 11.5. The number of rotatable bonds is 2. The Morgan fingerprint density at radius 1 is 1.42 bits per heavy atom. The summed E-state index contributed by atoms with van der Waals surface area (Å²) in [5.41, 5.74) is 3.60. The lowest BCUT2D eigenvalue weighted by Crippen LogP contribution is -2.36. The van der Waals surface area contributed by atoms with Crippen molar-refractivity contribution in [3.8, 4) is 5.75 Å². The van der Waals surface area contributed by atoms with Gasteiger partial charge in [-0.3, -0.25) is 15.5 Å². The van der Waals surface area contributed by atoms with E-state index in [1.54, 1.807) is 0 Å². The zero-order chi connectivity index (χ0) is 13.9. The highest BCUT2D eigenvalue weighted by molar-refractivity contribution is 6.06. The molecule has 0 heterocycles. The first-order chi connectivity index (χ1) is 8.25. The fourth-order valence-corrected chi connectivity index (χ4v) is 1.25. The molecule has 5 nitrogen and oxygen atoms in total. The Morgan fingerprint density at radius 2 is 2.00 bits per heavy atom. The molecule has 106 valence electrons. The van der Waals surface area contributed by atoms with Crippen LogP contribution in [-0.2, 0) is 6.18 Å². The van der Waals surface area contributed by atoms with E-state index in [0.717, 1.165) is 12.1 Å². The molecular formula is C10H11ClF3N3O2. The van der Waals surface area contributed by atoms with Gasteiger partial charge < -0.3 is 10.5 Å². The lowest BCUT2D eigenvalue weighted by Gasteiger charge is -2.12. The number of nitrogens with two attached hydrogens (primary N) is 1. The number of carbonyl (C=O) groups excluding carboxylic acids is 1. The number of carbonyl (C=O) groups is 1. The summed E-state index contributed by atoms with van der Waals surface area (Å²) in [6.07, 6.45) is -4.57. The van der Waals surface area contributed by atoms with Gasteiger partial charge in [0.1, 0.15) is 5.75 Å². The maximum atomic E-state index is 12.5. The van der Waals surface area contributed by atoms with Crippen LogP contribution >= 0.6 is 12.4 Å². The van der Waals surface area contributed by atoms with Crippen LogP contribution in [0, 0.1) is 5.41 Å². The predicted octanol–water partition coefficient (Wildman–Crippen LogP) is 1.76. The summed E-state index contributed by atoms with van der Waals surface area (Å²) in [6, 6.07) is 2.46. The Hall–Kier alpha value is -1.96. The third kappa shape index (κ3) is 4.32. The molecule has 0 saturated carbocycles. The first-order valence-corrected chi connectivity index (χ1v) is 4.66. The summed E-state index contributed by atoms with van der Waals surface area (Å²) < 4.78 is 42.2. The molecule has 1 aromatic rings. The van der Waals surface area contributed by atoms with Crippen LogP contribution in [0.2, 0.25) is 0 Å². The van der Waals surface area contributed by atoms with E-state index in [2.05, 4.69) is 0 Å². The molecule has 19 heavy (non-hydrogen) atoms. The van der Waals surface area contributed by atoms with Gasteiger partial charge in [-0.1, -0.05) is 0 Å². The molecule has 0 radical (unpaired) electrons. The summed E-state index contributed by atoms with van der Waals surface area (Å²) in [5, 5.41) is 8.75. The number of benzene rings is 1. The quantitative estimate of drug-likeness (QED) is 0.574. The predicted molar refractivity (Wildman–Crippen MR) is 64.6 cm³/mol. The highest BCUT2D eigenvalue weighted by Crippen LogP contribution is 2.32. The van der Waals surface area contributed by atoms with Crippen LogP contribution in [0.4, 0.5) is 13.2 Å². The maximum Gasteiger partial charge on any atom is 0.416 e. The molecule has 1 rings (SSSR count). The van der Waals surface area contributed by atoms with Crippen molar-refractivity contribution in [3.63, 3.8) is 0 Å². The zero-order valence-electron chi connectivity index (χ0n) is 9.67. The normalized spacial score (nSPS) is 10.3. The molecular weight excluding hydrogens is 287 g/mol. The SMILES string of the molecule is COc1ccc(C(F)(F)F)cc1C(=O)NC(=N)N.Cl. The monoisotopic (exact) mass is 297 g/mol. The molecule has 0 atom stereocenters. The highest BCUT2D eigenvalue weighted by Gasteiger charge is 2.32. The van der Waals surface area contributed by atoms with Crippen molar-refractivity contribution in [3.05, 3.63) is 29.3 Å². The topological polar surface area (TPSA) is 88.2 Å². The van der Waals surface area contributed by atoms with Crippen molar-refractivity contribution in [1.82, 2.24) is 5.32 Å². The lowest BCUT2D eigenvalue weighted by molar-refractivity contribution is -0.137. The van der Waals surface area contributed by atoms with E-state index in [1.807, 2.05) is 5.32 Å². The van der Waals surface area contributed by atoms with Crippen LogP contribution in [0.3, 0.4) is 0 Å². The second kappa shape index (κ2) is 6.28. The van der Waals surface area contributed by atoms with Crippen molar-refractivity contribution >= 4 is 24.3 Å². The number of amides is 1. The Bertz CT molecular complexity index is 491. The summed E-state index contributed by atoms with van der Waals surface area (Å²) in [5.74, 6) is -1.65. The average Bonchev–Trinajstić information content (AvgIpc) is 2.26. The van der Waals surface area contributed by atoms with E-state index in [4.69, 9.17) is 15.9 Å². The van der Waals surface area contributed by atoms with E-state index in [-0.39, 0.29) is 23.7 Å². The van der Waals surface area contributed by atoms with Crippen molar-refractivity contribution < 1.29 is 22.7 Å². The third-order valence-electron chi connectivity index (χ3n) is 2.02. The second-order valence-corrected chi connectivity index (χ2v) is 3.28. The minimum Gasteiger partial charge on any atom is -0.496 e. The number of alkyl halides is 3. The van der Waals surface area contributed by atoms with Crippen molar-refractivity contribution in [1.29, 1.82) is 5.41 Å². The molecule has 0 aromatic heterocycles. The molecule has 0 bridgehead atoms. The van der Waals surface area contributed by atoms with Gasteiger partial charge in [-0.05, 0) is 18.2 Å². The molecule has 0 saturated heterocycles. The molecule has 0 aliphatic carbocycles. The number of guanidine groups is 1. The third-order valence-corrected chi connectivity index (χ3v) is 2.02. The van der Waals surface area contributed by atoms with Crippen molar-refractivity contribution in [2.75, 3.05) is 7.11 Å². The molecule has 0 fully saturated rings. The number of hydrogen-bond donors (Lipinski definition) is 3. The van der Waals surface area contributed by atoms with E-state index < -0.39 is 23.6 Å². The standard InChI is InChI=1S/C10H10F3N3O2.ClH/c1-18-7-3-2-5(10(11,12)13)4-6(7)8(17)16-9(14)15;/h2-4H,1H3,(H4,14,15,16,17);1H. The molecule has 4 N–H and O–H groups in total. The molecule has 0 unspecified atom stereocenters. The Balaban J connectivity index is 0.00000324. The van der Waals surface area contributed by atoms with Gasteiger partial charge in [-0.15, -0.1) is 12.4 Å². The van der Waals surface area contributed by atoms with Crippen LogP contribution in [0.1, 0.15) is 15.9 Å². The summed E-state index contributed by atoms with van der Waals surface area (Å²) in [7, 11) is 1.22. The maximum absolute atomic E-state index is 12.5. The summed E-state index contributed by atoms with van der Waals surface area (Å²) in [6.45, 7) is 0. The number of nitrogens with one attached hydrogen (secondary N) is 2. The minimum absolute atomic E-state index is 0. The molecule has 1 aromatic carbocycles. The highest BCUT2D eigenvalue weighted by atomic mass is 35.5. The Labute approximate surface area is 112 Å². The van der Waals surface area contributed by atoms with Gasteiger partial charge in [0.05, 0.1) is 18.2 Å². The zero-order valence-corrected chi connectivity index (χ0v) is 10.5. The van der Waals surface area contributed by atoms with E-state index in [0.29, 0.717) is 6.07 Å². The van der Waals surface area contributed by atoms with Gasteiger partial charge in [0.15, 0.2) is 5.96 Å². The average molecular weight is 298 g/mol. The van der Waals surface area contributed by atoms with Gasteiger partial charge in [0.25, 0.3) is 5.91 Å². The number of hydrogen-bond acceptors (Lipinski definition) is 3. The van der Waals surface area contributed by atoms with Crippen LogP contribution in [0.5, 0.6) is 5.75 Å². The van der Waals surface area contributed by atoms with E-state index in [9.17, 15) is 18.0 Å². The van der Waals surface area contributed by atoms with Gasteiger partial charge in [0, 0.05) is 0 Å². The number of ether oxygens (including phenoxy) is 1. The minimum atomic E-state index is -4.57. The van der Waals surface area contributed by atoms with Crippen LogP contribution in [0.15, 0.2) is 18.2 Å². The molecule has 9 heteroatoms. The van der Waals surface area contributed by atoms with Gasteiger partial charge >= 0.3 is 6.18 Å². The largest absolute Gasteiger partial charge is 0.496 e. The van der Waals surface area contributed by atoms with Crippen LogP contribution in [0.25, 0.3) is 0 Å². The fraction of sp³-hybridized carbons (Fsp3) is 0.200. The van der Waals surface area contributed by atoms with Gasteiger partial charge in [-0.25, -0.2) is 0 Å². The first-order valence-electron chi connectivity index (χ1n) is 4.66. The lowest BCUT2D eigenvalue weighted by atomic mass is 10.1. The molecule has 0 aliphatic rings. The first kappa shape index (κ1) is 17.0. The van der Waals surface area contributed by atoms with E-state index >= 15 is 0 Å². The Kier molecular flexibility index (Phi) is 5.63. The van der Waals surface area contributed by atoms with Crippen LogP contribution < -0.4 is 15.8 Å². The van der Waals surface area contributed by atoms with Gasteiger partial charge in [0.2, 0.25) is 0 Å².